The molecule has 0 saturated heterocycles. The van der Waals surface area contributed by atoms with Crippen LogP contribution in [0.2, 0.25) is 0 Å². The van der Waals surface area contributed by atoms with E-state index >= 15 is 0 Å². The predicted molar refractivity (Wildman–Crippen MR) is 126 cm³/mol. The van der Waals surface area contributed by atoms with Crippen LogP contribution in [0.5, 0.6) is 11.6 Å². The van der Waals surface area contributed by atoms with E-state index in [9.17, 15) is 8.78 Å². The Hall–Kier alpha value is -3.89. The quantitative estimate of drug-likeness (QED) is 0.196. The summed E-state index contributed by atoms with van der Waals surface area (Å²) in [5, 5.41) is 1.98. The van der Waals surface area contributed by atoms with E-state index < -0.39 is 5.82 Å². The number of halogens is 2. The first-order valence-corrected chi connectivity index (χ1v) is 10.6. The molecular weight excluding hydrogens is 627 g/mol. The maximum Gasteiger partial charge on any atom is 2.00 e. The summed E-state index contributed by atoms with van der Waals surface area (Å²) in [6.07, 6.45) is 2.91. The zero-order valence-electron chi connectivity index (χ0n) is 18.0. The van der Waals surface area contributed by atoms with E-state index in [1.807, 2.05) is 47.0 Å². The van der Waals surface area contributed by atoms with Crippen LogP contribution < -0.4 is 4.74 Å². The van der Waals surface area contributed by atoms with Crippen molar-refractivity contribution in [2.75, 3.05) is 0 Å². The van der Waals surface area contributed by atoms with Gasteiger partial charge in [-0.15, -0.1) is 18.2 Å². The SMILES string of the molecule is Fc1ccnc(-n2c3[c-]c(-c4[c-]c(Oc5ncccc5F)ccc4)ccc3c3ccccc32)c1.[Pt+2]. The van der Waals surface area contributed by atoms with E-state index in [4.69, 9.17) is 4.74 Å². The number of fused-ring (bicyclic) bond motifs is 3. The molecule has 0 unspecified atom stereocenters. The van der Waals surface area contributed by atoms with Crippen LogP contribution in [0.3, 0.4) is 0 Å². The maximum atomic E-state index is 14.0. The second kappa shape index (κ2) is 9.40. The molecule has 0 atom stereocenters. The van der Waals surface area contributed by atoms with Gasteiger partial charge in [-0.25, -0.2) is 29.9 Å². The zero-order valence-corrected chi connectivity index (χ0v) is 20.3. The summed E-state index contributed by atoms with van der Waals surface area (Å²) in [7, 11) is 0. The first-order valence-electron chi connectivity index (χ1n) is 10.6. The second-order valence-corrected chi connectivity index (χ2v) is 7.64. The third kappa shape index (κ3) is 4.22. The maximum absolute atomic E-state index is 14.0. The first kappa shape index (κ1) is 22.9. The van der Waals surface area contributed by atoms with Crippen molar-refractivity contribution >= 4 is 21.8 Å². The molecule has 35 heavy (non-hydrogen) atoms. The molecule has 7 heteroatoms. The Balaban J connectivity index is 0.00000253. The van der Waals surface area contributed by atoms with Crippen LogP contribution in [0.1, 0.15) is 0 Å². The van der Waals surface area contributed by atoms with Gasteiger partial charge in [0.15, 0.2) is 5.82 Å². The molecule has 0 aliphatic heterocycles. The van der Waals surface area contributed by atoms with Crippen LogP contribution >= 0.6 is 0 Å². The van der Waals surface area contributed by atoms with Crippen molar-refractivity contribution in [2.24, 2.45) is 0 Å². The monoisotopic (exact) mass is 642 g/mol. The third-order valence-corrected chi connectivity index (χ3v) is 5.51. The average Bonchev–Trinajstić information content (AvgIpc) is 3.19. The number of rotatable bonds is 4. The molecule has 0 fully saturated rings. The number of nitrogens with zero attached hydrogens (tertiary/aromatic N) is 3. The summed E-state index contributed by atoms with van der Waals surface area (Å²) in [6, 6.07) is 29.3. The fourth-order valence-corrected chi connectivity index (χ4v) is 4.02. The van der Waals surface area contributed by atoms with Gasteiger partial charge >= 0.3 is 21.1 Å². The molecule has 3 aromatic carbocycles. The Kier molecular flexibility index (Phi) is 6.14. The number of para-hydroxylation sites is 1. The van der Waals surface area contributed by atoms with Gasteiger partial charge in [0.1, 0.15) is 11.6 Å². The molecule has 0 spiro atoms. The van der Waals surface area contributed by atoms with Gasteiger partial charge < -0.3 is 9.30 Å². The Bertz CT molecular complexity index is 1680. The summed E-state index contributed by atoms with van der Waals surface area (Å²) in [4.78, 5) is 8.31. The second-order valence-electron chi connectivity index (χ2n) is 7.64. The van der Waals surface area contributed by atoms with Crippen molar-refractivity contribution in [3.8, 4) is 28.6 Å². The largest absolute Gasteiger partial charge is 2.00 e. The molecule has 3 heterocycles. The molecule has 6 rings (SSSR count). The fraction of sp³-hybridized carbons (Fsp3) is 0. The number of hydrogen-bond donors (Lipinski definition) is 0. The first-order chi connectivity index (χ1) is 16.7. The fourth-order valence-electron chi connectivity index (χ4n) is 4.02. The molecule has 0 amide bonds. The van der Waals surface area contributed by atoms with Crippen molar-refractivity contribution in [3.05, 3.63) is 115 Å². The average molecular weight is 643 g/mol. The Labute approximate surface area is 214 Å². The van der Waals surface area contributed by atoms with E-state index in [1.165, 1.54) is 36.7 Å². The van der Waals surface area contributed by atoms with Crippen molar-refractivity contribution in [1.29, 1.82) is 0 Å². The van der Waals surface area contributed by atoms with Gasteiger partial charge in [0.2, 0.25) is 0 Å². The summed E-state index contributed by atoms with van der Waals surface area (Å²) in [5.74, 6) is -0.247. The minimum Gasteiger partial charge on any atom is -0.458 e. The van der Waals surface area contributed by atoms with Crippen molar-refractivity contribution in [1.82, 2.24) is 14.5 Å². The molecule has 0 bridgehead atoms. The Morgan fingerprint density at radius 3 is 2.46 bits per heavy atom. The van der Waals surface area contributed by atoms with Crippen molar-refractivity contribution in [2.45, 2.75) is 0 Å². The van der Waals surface area contributed by atoms with Crippen LogP contribution in [0.4, 0.5) is 8.78 Å². The molecule has 0 saturated carbocycles. The van der Waals surface area contributed by atoms with Gasteiger partial charge in [-0.05, 0) is 35.2 Å². The molecule has 0 aliphatic rings. The molecule has 0 N–H and O–H groups in total. The van der Waals surface area contributed by atoms with Gasteiger partial charge in [0, 0.05) is 29.7 Å². The molecular formula is C28H15F2N3OPt. The molecule has 0 aliphatic carbocycles. The molecule has 0 radical (unpaired) electrons. The number of hydrogen-bond acceptors (Lipinski definition) is 3. The predicted octanol–water partition coefficient (Wildman–Crippen LogP) is 6.91. The van der Waals surface area contributed by atoms with E-state index in [-0.39, 0.29) is 32.8 Å². The number of ether oxygens (including phenoxy) is 1. The van der Waals surface area contributed by atoms with Gasteiger partial charge in [-0.1, -0.05) is 23.6 Å². The summed E-state index contributed by atoms with van der Waals surface area (Å²) in [5.41, 5.74) is 3.11. The van der Waals surface area contributed by atoms with E-state index in [1.54, 1.807) is 12.1 Å². The minimum atomic E-state index is -0.554. The zero-order chi connectivity index (χ0) is 23.1. The van der Waals surface area contributed by atoms with Crippen LogP contribution in [0.15, 0.2) is 91.3 Å². The third-order valence-electron chi connectivity index (χ3n) is 5.51. The van der Waals surface area contributed by atoms with Crippen LogP contribution in [-0.2, 0) is 21.1 Å². The van der Waals surface area contributed by atoms with E-state index in [0.29, 0.717) is 17.1 Å². The number of aromatic nitrogens is 3. The minimum absolute atomic E-state index is 0. The summed E-state index contributed by atoms with van der Waals surface area (Å²) in [6.45, 7) is 0. The van der Waals surface area contributed by atoms with E-state index in [2.05, 4.69) is 22.1 Å². The van der Waals surface area contributed by atoms with Gasteiger partial charge in [0.25, 0.3) is 5.88 Å². The van der Waals surface area contributed by atoms with Gasteiger partial charge in [-0.2, -0.15) is 24.3 Å². The summed E-state index contributed by atoms with van der Waals surface area (Å²) >= 11 is 0. The molecule has 4 nitrogen and oxygen atoms in total. The summed E-state index contributed by atoms with van der Waals surface area (Å²) < 4.78 is 35.5. The van der Waals surface area contributed by atoms with E-state index in [0.717, 1.165) is 27.4 Å². The molecule has 6 aromatic rings. The number of benzene rings is 3. The van der Waals surface area contributed by atoms with Crippen molar-refractivity contribution < 1.29 is 34.6 Å². The normalized spacial score (nSPS) is 10.9. The topological polar surface area (TPSA) is 39.9 Å². The number of pyridine rings is 2. The molecule has 3 aromatic heterocycles. The molecule has 172 valence electrons. The standard InChI is InChI=1S/C28H15F2N3O.Pt/c29-20-12-14-31-27(17-20)33-25-9-2-1-7-22(25)23-11-10-19(16-26(23)33)18-5-3-6-21(15-18)34-28-24(30)8-4-13-32-28;/h1-14,17H;/q-2;+2. The van der Waals surface area contributed by atoms with Gasteiger partial charge in [0.05, 0.1) is 0 Å². The van der Waals surface area contributed by atoms with Crippen LogP contribution in [0, 0.1) is 23.8 Å². The Morgan fingerprint density at radius 1 is 0.743 bits per heavy atom. The van der Waals surface area contributed by atoms with Crippen LogP contribution in [-0.4, -0.2) is 14.5 Å². The van der Waals surface area contributed by atoms with Gasteiger partial charge in [-0.3, -0.25) is 0 Å². The van der Waals surface area contributed by atoms with Crippen LogP contribution in [0.25, 0.3) is 38.8 Å². The Morgan fingerprint density at radius 2 is 1.60 bits per heavy atom. The van der Waals surface area contributed by atoms with Crippen molar-refractivity contribution in [3.63, 3.8) is 0 Å². The smallest absolute Gasteiger partial charge is 0.458 e.